The average Bonchev–Trinajstić information content (AvgIpc) is 2.71. The summed E-state index contributed by atoms with van der Waals surface area (Å²) in [6.45, 7) is 1.93. The van der Waals surface area contributed by atoms with Crippen LogP contribution in [0.1, 0.15) is 16.3 Å². The minimum absolute atomic E-state index is 0.0844. The van der Waals surface area contributed by atoms with Gasteiger partial charge in [-0.25, -0.2) is 9.78 Å². The first-order valence-corrected chi connectivity index (χ1v) is 6.18. The second-order valence-corrected chi connectivity index (χ2v) is 4.73. The summed E-state index contributed by atoms with van der Waals surface area (Å²) in [6, 6.07) is 3.52. The Morgan fingerprint density at radius 2 is 2.42 bits per heavy atom. The molecule has 1 saturated heterocycles. The lowest BCUT2D eigenvalue weighted by molar-refractivity contribution is 0.0693. The van der Waals surface area contributed by atoms with Gasteiger partial charge in [-0.2, -0.15) is 0 Å². The Kier molecular flexibility index (Phi) is 2.87. The number of ether oxygens (including phenoxy) is 1. The third kappa shape index (κ3) is 2.04. The minimum atomic E-state index is -1.01. The molecule has 6 nitrogen and oxygen atoms in total. The van der Waals surface area contributed by atoms with Crippen molar-refractivity contribution >= 4 is 11.5 Å². The monoisotopic (exact) mass is 261 g/mol. The van der Waals surface area contributed by atoms with Gasteiger partial charge in [0.25, 0.3) is 0 Å². The first kappa shape index (κ1) is 12.0. The summed E-state index contributed by atoms with van der Waals surface area (Å²) in [5, 5.41) is 12.4. The Morgan fingerprint density at radius 1 is 1.63 bits per heavy atom. The number of nitrogens with one attached hydrogen (secondary N) is 1. The number of methoxy groups -OCH3 is 1. The largest absolute Gasteiger partial charge is 0.497 e. The van der Waals surface area contributed by atoms with E-state index in [1.54, 1.807) is 13.2 Å². The predicted octanol–water partition coefficient (Wildman–Crippen LogP) is 0.803. The molecule has 6 heteroatoms. The molecule has 3 rings (SSSR count). The SMILES string of the molecule is COc1ccn2c(CC3CNC3)nc(C(=O)O)c2c1. The summed E-state index contributed by atoms with van der Waals surface area (Å²) >= 11 is 0. The maximum absolute atomic E-state index is 11.3. The van der Waals surface area contributed by atoms with E-state index in [2.05, 4.69) is 10.3 Å². The number of carboxylic acids is 1. The first-order chi connectivity index (χ1) is 9.19. The predicted molar refractivity (Wildman–Crippen MR) is 68.8 cm³/mol. The van der Waals surface area contributed by atoms with E-state index in [0.29, 0.717) is 17.2 Å². The van der Waals surface area contributed by atoms with Crippen LogP contribution in [-0.4, -0.2) is 40.7 Å². The fourth-order valence-corrected chi connectivity index (χ4v) is 2.31. The third-order valence-electron chi connectivity index (χ3n) is 3.46. The fraction of sp³-hybridized carbons (Fsp3) is 0.385. The fourth-order valence-electron chi connectivity index (χ4n) is 2.31. The summed E-state index contributed by atoms with van der Waals surface area (Å²) < 4.78 is 6.97. The van der Waals surface area contributed by atoms with Crippen LogP contribution in [0.25, 0.3) is 5.52 Å². The van der Waals surface area contributed by atoms with Gasteiger partial charge in [-0.15, -0.1) is 0 Å². The topological polar surface area (TPSA) is 75.9 Å². The molecule has 0 radical (unpaired) electrons. The molecule has 3 heterocycles. The second-order valence-electron chi connectivity index (χ2n) is 4.73. The van der Waals surface area contributed by atoms with Crippen molar-refractivity contribution in [3.63, 3.8) is 0 Å². The molecule has 2 aromatic heterocycles. The van der Waals surface area contributed by atoms with Gasteiger partial charge in [-0.05, 0) is 25.1 Å². The van der Waals surface area contributed by atoms with Gasteiger partial charge in [0.2, 0.25) is 0 Å². The number of rotatable bonds is 4. The number of aromatic nitrogens is 2. The normalized spacial score (nSPS) is 15.4. The van der Waals surface area contributed by atoms with Crippen LogP contribution < -0.4 is 10.1 Å². The van der Waals surface area contributed by atoms with Crippen molar-refractivity contribution in [2.45, 2.75) is 6.42 Å². The molecule has 0 aromatic carbocycles. The van der Waals surface area contributed by atoms with Gasteiger partial charge in [0.1, 0.15) is 11.6 Å². The zero-order valence-electron chi connectivity index (χ0n) is 10.6. The Morgan fingerprint density at radius 3 is 3.00 bits per heavy atom. The van der Waals surface area contributed by atoms with Crippen molar-refractivity contribution < 1.29 is 14.6 Å². The van der Waals surface area contributed by atoms with Gasteiger partial charge in [0.15, 0.2) is 5.69 Å². The highest BCUT2D eigenvalue weighted by molar-refractivity contribution is 5.94. The number of imidazole rings is 1. The first-order valence-electron chi connectivity index (χ1n) is 6.18. The number of carboxylic acid groups (broad SMARTS) is 1. The molecule has 0 amide bonds. The van der Waals surface area contributed by atoms with E-state index < -0.39 is 5.97 Å². The highest BCUT2D eigenvalue weighted by Crippen LogP contribution is 2.21. The van der Waals surface area contributed by atoms with Crippen molar-refractivity contribution in [1.29, 1.82) is 0 Å². The van der Waals surface area contributed by atoms with E-state index >= 15 is 0 Å². The number of nitrogens with zero attached hydrogens (tertiary/aromatic N) is 2. The highest BCUT2D eigenvalue weighted by atomic mass is 16.5. The molecule has 0 bridgehead atoms. The quantitative estimate of drug-likeness (QED) is 0.851. The lowest BCUT2D eigenvalue weighted by atomic mass is 9.99. The van der Waals surface area contributed by atoms with Gasteiger partial charge in [0, 0.05) is 18.7 Å². The molecule has 0 spiro atoms. The summed E-state index contributed by atoms with van der Waals surface area (Å²) in [7, 11) is 1.56. The summed E-state index contributed by atoms with van der Waals surface area (Å²) in [5.41, 5.74) is 0.662. The molecule has 0 atom stereocenters. The van der Waals surface area contributed by atoms with Gasteiger partial charge in [-0.1, -0.05) is 0 Å². The molecular formula is C13H15N3O3. The van der Waals surface area contributed by atoms with Crippen LogP contribution in [0.15, 0.2) is 18.3 Å². The van der Waals surface area contributed by atoms with Crippen LogP contribution in [0.5, 0.6) is 5.75 Å². The number of hydrogen-bond acceptors (Lipinski definition) is 4. The molecule has 2 aromatic rings. The number of fused-ring (bicyclic) bond motifs is 1. The molecule has 100 valence electrons. The molecular weight excluding hydrogens is 246 g/mol. The van der Waals surface area contributed by atoms with Gasteiger partial charge >= 0.3 is 5.97 Å². The molecule has 1 aliphatic heterocycles. The van der Waals surface area contributed by atoms with E-state index in [1.807, 2.05) is 16.7 Å². The van der Waals surface area contributed by atoms with Crippen LogP contribution in [-0.2, 0) is 6.42 Å². The summed E-state index contributed by atoms with van der Waals surface area (Å²) in [4.78, 5) is 15.5. The van der Waals surface area contributed by atoms with E-state index in [9.17, 15) is 9.90 Å². The zero-order chi connectivity index (χ0) is 13.4. The number of aromatic carboxylic acids is 1. The van der Waals surface area contributed by atoms with Crippen molar-refractivity contribution in [3.8, 4) is 5.75 Å². The molecule has 2 N–H and O–H groups in total. The molecule has 0 saturated carbocycles. The summed E-state index contributed by atoms with van der Waals surface area (Å²) in [6.07, 6.45) is 2.60. The zero-order valence-corrected chi connectivity index (χ0v) is 10.6. The molecule has 1 aliphatic rings. The van der Waals surface area contributed by atoms with Crippen LogP contribution in [0.4, 0.5) is 0 Å². The lowest BCUT2D eigenvalue weighted by Gasteiger charge is -2.26. The van der Waals surface area contributed by atoms with Crippen molar-refractivity contribution in [2.75, 3.05) is 20.2 Å². The van der Waals surface area contributed by atoms with Crippen LogP contribution >= 0.6 is 0 Å². The van der Waals surface area contributed by atoms with Gasteiger partial charge in [0.05, 0.1) is 12.6 Å². The maximum Gasteiger partial charge on any atom is 0.356 e. The Hall–Kier alpha value is -2.08. The highest BCUT2D eigenvalue weighted by Gasteiger charge is 2.23. The standard InChI is InChI=1S/C13H15N3O3/c1-19-9-2-3-16-10(5-9)12(13(17)18)15-11(16)4-8-6-14-7-8/h2-3,5,8,14H,4,6-7H2,1H3,(H,17,18). The Bertz CT molecular complexity index is 631. The number of hydrogen-bond donors (Lipinski definition) is 2. The van der Waals surface area contributed by atoms with Gasteiger partial charge < -0.3 is 19.6 Å². The summed E-state index contributed by atoms with van der Waals surface area (Å²) in [5.74, 6) is 0.950. The smallest absolute Gasteiger partial charge is 0.356 e. The second kappa shape index (κ2) is 4.55. The van der Waals surface area contributed by atoms with Crippen LogP contribution in [0.3, 0.4) is 0 Å². The Labute approximate surface area is 110 Å². The number of carbonyl (C=O) groups is 1. The van der Waals surface area contributed by atoms with E-state index in [0.717, 1.165) is 25.3 Å². The lowest BCUT2D eigenvalue weighted by Crippen LogP contribution is -2.43. The van der Waals surface area contributed by atoms with Crippen LogP contribution in [0, 0.1) is 5.92 Å². The van der Waals surface area contributed by atoms with E-state index in [1.165, 1.54) is 0 Å². The average molecular weight is 261 g/mol. The van der Waals surface area contributed by atoms with E-state index in [4.69, 9.17) is 4.74 Å². The third-order valence-corrected chi connectivity index (χ3v) is 3.46. The van der Waals surface area contributed by atoms with Gasteiger partial charge in [-0.3, -0.25) is 0 Å². The molecule has 0 aliphatic carbocycles. The number of pyridine rings is 1. The van der Waals surface area contributed by atoms with Crippen molar-refractivity contribution in [1.82, 2.24) is 14.7 Å². The Balaban J connectivity index is 2.08. The minimum Gasteiger partial charge on any atom is -0.497 e. The molecule has 0 unspecified atom stereocenters. The van der Waals surface area contributed by atoms with E-state index in [-0.39, 0.29) is 5.69 Å². The molecule has 19 heavy (non-hydrogen) atoms. The maximum atomic E-state index is 11.3. The van der Waals surface area contributed by atoms with Crippen molar-refractivity contribution in [2.24, 2.45) is 5.92 Å². The van der Waals surface area contributed by atoms with Crippen LogP contribution in [0.2, 0.25) is 0 Å². The van der Waals surface area contributed by atoms with Crippen molar-refractivity contribution in [3.05, 3.63) is 29.8 Å². The molecule has 1 fully saturated rings.